The van der Waals surface area contributed by atoms with E-state index in [-0.39, 0.29) is 6.61 Å². The monoisotopic (exact) mass is 234 g/mol. The largest absolute Gasteiger partial charge is 0.392 e. The van der Waals surface area contributed by atoms with Crippen LogP contribution in [0, 0.1) is 11.8 Å². The van der Waals surface area contributed by atoms with Crippen LogP contribution in [-0.2, 0) is 13.2 Å². The van der Waals surface area contributed by atoms with Crippen LogP contribution in [0.15, 0.2) is 6.20 Å². The summed E-state index contributed by atoms with van der Waals surface area (Å²) in [6.45, 7) is 3.54. The third-order valence-electron chi connectivity index (χ3n) is 4.52. The van der Waals surface area contributed by atoms with Crippen molar-refractivity contribution in [3.05, 3.63) is 17.5 Å². The van der Waals surface area contributed by atoms with E-state index < -0.39 is 0 Å². The summed E-state index contributed by atoms with van der Waals surface area (Å²) >= 11 is 0. The van der Waals surface area contributed by atoms with Crippen molar-refractivity contribution in [3.8, 4) is 0 Å². The molecule has 3 nitrogen and oxygen atoms in total. The Kier molecular flexibility index (Phi) is 2.95. The van der Waals surface area contributed by atoms with Crippen LogP contribution < -0.4 is 0 Å². The summed E-state index contributed by atoms with van der Waals surface area (Å²) in [6, 6.07) is 0. The van der Waals surface area contributed by atoms with E-state index in [1.165, 1.54) is 37.8 Å². The lowest BCUT2D eigenvalue weighted by Gasteiger charge is -2.34. The first-order valence-electron chi connectivity index (χ1n) is 6.93. The number of hydrogen-bond acceptors (Lipinski definition) is 2. The highest BCUT2D eigenvalue weighted by Crippen LogP contribution is 2.40. The first kappa shape index (κ1) is 11.3. The minimum absolute atomic E-state index is 0.146. The molecule has 1 heterocycles. The smallest absolute Gasteiger partial charge is 0.0715 e. The van der Waals surface area contributed by atoms with Gasteiger partial charge in [0.25, 0.3) is 0 Å². The molecule has 0 radical (unpaired) electrons. The van der Waals surface area contributed by atoms with Crippen LogP contribution in [0.2, 0.25) is 0 Å². The van der Waals surface area contributed by atoms with Gasteiger partial charge in [-0.15, -0.1) is 0 Å². The second-order valence-corrected chi connectivity index (χ2v) is 5.97. The zero-order valence-electron chi connectivity index (χ0n) is 10.6. The fourth-order valence-electron chi connectivity index (χ4n) is 3.32. The van der Waals surface area contributed by atoms with Crippen molar-refractivity contribution in [1.82, 2.24) is 9.78 Å². The Morgan fingerprint density at radius 1 is 1.41 bits per heavy atom. The van der Waals surface area contributed by atoms with E-state index in [2.05, 4.69) is 16.7 Å². The molecule has 1 N–H and O–H groups in total. The summed E-state index contributed by atoms with van der Waals surface area (Å²) in [5.74, 6) is 2.38. The van der Waals surface area contributed by atoms with Crippen molar-refractivity contribution < 1.29 is 5.11 Å². The van der Waals surface area contributed by atoms with Crippen LogP contribution >= 0.6 is 0 Å². The zero-order valence-corrected chi connectivity index (χ0v) is 10.6. The number of rotatable bonds is 4. The molecular weight excluding hydrogens is 212 g/mol. The van der Waals surface area contributed by atoms with Gasteiger partial charge in [-0.25, -0.2) is 0 Å². The first-order chi connectivity index (χ1) is 8.28. The lowest BCUT2D eigenvalue weighted by molar-refractivity contribution is 0.177. The van der Waals surface area contributed by atoms with E-state index >= 15 is 0 Å². The van der Waals surface area contributed by atoms with Crippen LogP contribution in [0.5, 0.6) is 0 Å². The van der Waals surface area contributed by atoms with E-state index in [0.29, 0.717) is 5.92 Å². The molecule has 0 bridgehead atoms. The van der Waals surface area contributed by atoms with Crippen LogP contribution in [0.3, 0.4) is 0 Å². The zero-order chi connectivity index (χ0) is 11.8. The Morgan fingerprint density at radius 2 is 2.18 bits per heavy atom. The Balaban J connectivity index is 1.75. The van der Waals surface area contributed by atoms with E-state index in [9.17, 15) is 5.11 Å². The van der Waals surface area contributed by atoms with E-state index in [0.717, 1.165) is 23.9 Å². The fraction of sp³-hybridized carbons (Fsp3) is 0.786. The highest BCUT2D eigenvalue weighted by Gasteiger charge is 2.30. The molecule has 2 aliphatic rings. The van der Waals surface area contributed by atoms with Gasteiger partial charge in [0.05, 0.1) is 12.8 Å². The second-order valence-electron chi connectivity index (χ2n) is 5.97. The average Bonchev–Trinajstić information content (AvgIpc) is 2.57. The molecule has 94 valence electrons. The third kappa shape index (κ3) is 2.01. The molecule has 3 rings (SSSR count). The van der Waals surface area contributed by atoms with E-state index in [4.69, 9.17) is 0 Å². The van der Waals surface area contributed by atoms with Gasteiger partial charge in [0, 0.05) is 23.7 Å². The predicted octanol–water partition coefficient (Wildman–Crippen LogP) is 2.69. The van der Waals surface area contributed by atoms with Gasteiger partial charge in [-0.2, -0.15) is 5.10 Å². The first-order valence-corrected chi connectivity index (χ1v) is 6.93. The number of aliphatic hydroxyl groups excluding tert-OH is 1. The Hall–Kier alpha value is -0.830. The summed E-state index contributed by atoms with van der Waals surface area (Å²) in [7, 11) is 0. The number of nitrogens with zero attached hydrogens (tertiary/aromatic N) is 2. The van der Waals surface area contributed by atoms with Crippen LogP contribution in [-0.4, -0.2) is 14.9 Å². The third-order valence-corrected chi connectivity index (χ3v) is 4.52. The maximum absolute atomic E-state index is 9.39. The minimum Gasteiger partial charge on any atom is -0.392 e. The molecule has 17 heavy (non-hydrogen) atoms. The summed E-state index contributed by atoms with van der Waals surface area (Å²) in [5.41, 5.74) is 2.39. The average molecular weight is 234 g/mol. The van der Waals surface area contributed by atoms with E-state index in [1.54, 1.807) is 0 Å². The molecule has 2 fully saturated rings. The number of aliphatic hydroxyl groups is 1. The maximum atomic E-state index is 9.39. The molecule has 0 aromatic carbocycles. The molecule has 3 heteroatoms. The molecule has 2 saturated carbocycles. The Bertz CT molecular complexity index is 389. The van der Waals surface area contributed by atoms with Crippen molar-refractivity contribution >= 4 is 0 Å². The van der Waals surface area contributed by atoms with Gasteiger partial charge >= 0.3 is 0 Å². The lowest BCUT2D eigenvalue weighted by Crippen LogP contribution is -2.28. The number of aromatic nitrogens is 2. The topological polar surface area (TPSA) is 38.0 Å². The van der Waals surface area contributed by atoms with Gasteiger partial charge in [-0.1, -0.05) is 13.3 Å². The molecule has 0 saturated heterocycles. The predicted molar refractivity (Wildman–Crippen MR) is 66.6 cm³/mol. The van der Waals surface area contributed by atoms with Gasteiger partial charge in [-0.3, -0.25) is 4.68 Å². The quantitative estimate of drug-likeness (QED) is 0.869. The van der Waals surface area contributed by atoms with Crippen LogP contribution in [0.1, 0.15) is 56.2 Å². The summed E-state index contributed by atoms with van der Waals surface area (Å²) in [6.07, 6.45) is 8.45. The van der Waals surface area contributed by atoms with Crippen molar-refractivity contribution in [3.63, 3.8) is 0 Å². The Labute approximate surface area is 103 Å². The molecule has 0 spiro atoms. The molecule has 1 aromatic rings. The maximum Gasteiger partial charge on any atom is 0.0715 e. The molecule has 0 aliphatic heterocycles. The van der Waals surface area contributed by atoms with Gasteiger partial charge in [-0.05, 0) is 37.5 Å². The number of hydrogen-bond donors (Lipinski definition) is 1. The minimum atomic E-state index is 0.146. The SMILES string of the molecule is CC1CC(Cn2ncc(CO)c2C2CCC2)C1. The fourth-order valence-corrected chi connectivity index (χ4v) is 3.32. The van der Waals surface area contributed by atoms with Gasteiger partial charge in [0.2, 0.25) is 0 Å². The molecule has 0 unspecified atom stereocenters. The summed E-state index contributed by atoms with van der Waals surface area (Å²) < 4.78 is 2.19. The summed E-state index contributed by atoms with van der Waals surface area (Å²) in [5, 5.41) is 13.9. The molecule has 2 aliphatic carbocycles. The van der Waals surface area contributed by atoms with Gasteiger partial charge < -0.3 is 5.11 Å². The highest BCUT2D eigenvalue weighted by molar-refractivity contribution is 5.23. The standard InChI is InChI=1S/C14H22N2O/c1-10-5-11(6-10)8-16-14(12-3-2-4-12)13(9-17)7-15-16/h7,10-12,17H,2-6,8-9H2,1H3. The van der Waals surface area contributed by atoms with E-state index in [1.807, 2.05) is 6.20 Å². The normalized spacial score (nSPS) is 28.8. The van der Waals surface area contributed by atoms with Gasteiger partial charge in [0.1, 0.15) is 0 Å². The Morgan fingerprint density at radius 3 is 2.71 bits per heavy atom. The van der Waals surface area contributed by atoms with Crippen LogP contribution in [0.25, 0.3) is 0 Å². The second kappa shape index (κ2) is 4.45. The lowest BCUT2D eigenvalue weighted by atomic mass is 9.76. The van der Waals surface area contributed by atoms with Gasteiger partial charge in [0.15, 0.2) is 0 Å². The van der Waals surface area contributed by atoms with Crippen molar-refractivity contribution in [2.45, 2.75) is 58.1 Å². The van der Waals surface area contributed by atoms with Crippen molar-refractivity contribution in [1.29, 1.82) is 0 Å². The molecule has 1 aromatic heterocycles. The molecule has 0 atom stereocenters. The molecule has 0 amide bonds. The highest BCUT2D eigenvalue weighted by atomic mass is 16.3. The van der Waals surface area contributed by atoms with Crippen molar-refractivity contribution in [2.24, 2.45) is 11.8 Å². The van der Waals surface area contributed by atoms with Crippen LogP contribution in [0.4, 0.5) is 0 Å². The summed E-state index contributed by atoms with van der Waals surface area (Å²) in [4.78, 5) is 0. The molecular formula is C14H22N2O. The van der Waals surface area contributed by atoms with Crippen molar-refractivity contribution in [2.75, 3.05) is 0 Å².